The maximum absolute atomic E-state index is 6.00. The molecule has 0 atom stereocenters. The first-order valence-corrected chi connectivity index (χ1v) is 4.06. The number of benzene rings is 1. The monoisotopic (exact) mass is 167 g/mol. The number of aryl methyl sites for hydroxylation is 1. The summed E-state index contributed by atoms with van der Waals surface area (Å²) in [5.74, 6) is 1.27. The van der Waals surface area contributed by atoms with Gasteiger partial charge >= 0.3 is 0 Å². The fourth-order valence-electron chi connectivity index (χ4n) is 1.27. The topological polar surface area (TPSA) is 0 Å². The van der Waals surface area contributed by atoms with Crippen LogP contribution in [0.25, 0.3) is 0 Å². The first-order chi connectivity index (χ1) is 5.13. The van der Waals surface area contributed by atoms with Crippen LogP contribution in [0, 0.1) is 12.8 Å². The van der Waals surface area contributed by atoms with Crippen molar-refractivity contribution in [3.05, 3.63) is 40.3 Å². The molecule has 0 heterocycles. The molecule has 0 unspecified atom stereocenters. The Morgan fingerprint density at radius 2 is 1.91 bits per heavy atom. The van der Waals surface area contributed by atoms with E-state index in [-0.39, 0.29) is 0 Å². The van der Waals surface area contributed by atoms with E-state index in [2.05, 4.69) is 26.8 Å². The van der Waals surface area contributed by atoms with E-state index >= 15 is 0 Å². The first kappa shape index (κ1) is 8.61. The molecule has 0 N–H and O–H groups in total. The lowest BCUT2D eigenvalue weighted by molar-refractivity contribution is 1.12. The standard InChI is InChI=1S/C10H12Cl/c1-7(2)10-8(3)5-4-6-9(10)11/h4-6H,1-3H3. The van der Waals surface area contributed by atoms with Crippen molar-refractivity contribution in [3.63, 3.8) is 0 Å². The van der Waals surface area contributed by atoms with Gasteiger partial charge in [-0.1, -0.05) is 37.6 Å². The van der Waals surface area contributed by atoms with Gasteiger partial charge in [0.2, 0.25) is 0 Å². The Morgan fingerprint density at radius 3 is 2.27 bits per heavy atom. The molecule has 0 aliphatic rings. The van der Waals surface area contributed by atoms with Crippen molar-refractivity contribution in [1.82, 2.24) is 0 Å². The molecule has 0 saturated carbocycles. The third kappa shape index (κ3) is 1.75. The van der Waals surface area contributed by atoms with Crippen LogP contribution in [0.4, 0.5) is 0 Å². The molecule has 1 aromatic carbocycles. The molecule has 0 aliphatic heterocycles. The number of halogens is 1. The van der Waals surface area contributed by atoms with Crippen LogP contribution in [0.5, 0.6) is 0 Å². The Labute approximate surface area is 73.2 Å². The quantitative estimate of drug-likeness (QED) is 0.600. The zero-order valence-electron chi connectivity index (χ0n) is 7.11. The molecular formula is C10H12Cl. The van der Waals surface area contributed by atoms with Crippen molar-refractivity contribution >= 4 is 11.6 Å². The largest absolute Gasteiger partial charge is 0.0840 e. The fraction of sp³-hybridized carbons (Fsp3) is 0.300. The summed E-state index contributed by atoms with van der Waals surface area (Å²) in [6.45, 7) is 6.23. The smallest absolute Gasteiger partial charge is 0.0446 e. The zero-order valence-corrected chi connectivity index (χ0v) is 7.87. The van der Waals surface area contributed by atoms with Crippen molar-refractivity contribution in [2.45, 2.75) is 20.8 Å². The Balaban J connectivity index is 3.21. The van der Waals surface area contributed by atoms with Crippen molar-refractivity contribution in [3.8, 4) is 0 Å². The minimum Gasteiger partial charge on any atom is -0.0840 e. The van der Waals surface area contributed by atoms with Crippen molar-refractivity contribution in [2.24, 2.45) is 0 Å². The van der Waals surface area contributed by atoms with E-state index in [1.54, 1.807) is 0 Å². The lowest BCUT2D eigenvalue weighted by Gasteiger charge is -2.10. The van der Waals surface area contributed by atoms with E-state index in [1.807, 2.05) is 12.1 Å². The van der Waals surface area contributed by atoms with E-state index in [4.69, 9.17) is 11.6 Å². The average Bonchev–Trinajstić information content (AvgIpc) is 1.85. The Morgan fingerprint density at radius 1 is 1.27 bits per heavy atom. The van der Waals surface area contributed by atoms with Gasteiger partial charge in [0.25, 0.3) is 0 Å². The van der Waals surface area contributed by atoms with Gasteiger partial charge in [0, 0.05) is 10.9 Å². The van der Waals surface area contributed by atoms with E-state index < -0.39 is 0 Å². The van der Waals surface area contributed by atoms with Gasteiger partial charge in [-0.25, -0.2) is 0 Å². The summed E-state index contributed by atoms with van der Waals surface area (Å²) in [5.41, 5.74) is 2.44. The molecule has 1 aromatic rings. The molecule has 0 bridgehead atoms. The molecule has 0 nitrogen and oxygen atoms in total. The number of rotatable bonds is 1. The average molecular weight is 168 g/mol. The third-order valence-corrected chi connectivity index (χ3v) is 2.04. The highest BCUT2D eigenvalue weighted by molar-refractivity contribution is 6.31. The summed E-state index contributed by atoms with van der Waals surface area (Å²) in [5, 5.41) is 0.852. The molecule has 1 radical (unpaired) electrons. The van der Waals surface area contributed by atoms with Gasteiger partial charge in [-0.05, 0) is 24.1 Å². The second-order valence-corrected chi connectivity index (χ2v) is 3.34. The molecule has 0 saturated heterocycles. The summed E-state index contributed by atoms with van der Waals surface area (Å²) in [6, 6.07) is 5.98. The van der Waals surface area contributed by atoms with Gasteiger partial charge in [-0.2, -0.15) is 0 Å². The molecule has 1 rings (SSSR count). The highest BCUT2D eigenvalue weighted by atomic mass is 35.5. The lowest BCUT2D eigenvalue weighted by Crippen LogP contribution is -1.93. The van der Waals surface area contributed by atoms with Gasteiger partial charge < -0.3 is 0 Å². The number of hydrogen-bond donors (Lipinski definition) is 0. The Bertz CT molecular complexity index is 231. The molecule has 0 aliphatic carbocycles. The normalized spacial score (nSPS) is 10.6. The summed E-state index contributed by atoms with van der Waals surface area (Å²) in [7, 11) is 0. The zero-order chi connectivity index (χ0) is 8.43. The fourth-order valence-corrected chi connectivity index (χ4v) is 1.68. The lowest BCUT2D eigenvalue weighted by atomic mass is 9.98. The van der Waals surface area contributed by atoms with E-state index in [1.165, 1.54) is 17.0 Å². The summed E-state index contributed by atoms with van der Waals surface area (Å²) >= 11 is 6.00. The predicted molar refractivity (Wildman–Crippen MR) is 49.9 cm³/mol. The predicted octanol–water partition coefficient (Wildman–Crippen LogP) is 3.61. The molecule has 59 valence electrons. The summed E-state index contributed by atoms with van der Waals surface area (Å²) in [4.78, 5) is 0. The van der Waals surface area contributed by atoms with Crippen molar-refractivity contribution < 1.29 is 0 Å². The van der Waals surface area contributed by atoms with Gasteiger partial charge in [-0.3, -0.25) is 0 Å². The van der Waals surface area contributed by atoms with Crippen LogP contribution < -0.4 is 0 Å². The van der Waals surface area contributed by atoms with Crippen LogP contribution in [0.3, 0.4) is 0 Å². The summed E-state index contributed by atoms with van der Waals surface area (Å²) < 4.78 is 0. The molecule has 0 fully saturated rings. The highest BCUT2D eigenvalue weighted by Crippen LogP contribution is 2.26. The number of hydrogen-bond acceptors (Lipinski definition) is 0. The van der Waals surface area contributed by atoms with Crippen LogP contribution in [0.2, 0.25) is 5.02 Å². The van der Waals surface area contributed by atoms with Gasteiger partial charge in [0.1, 0.15) is 0 Å². The van der Waals surface area contributed by atoms with E-state index in [9.17, 15) is 0 Å². The molecule has 1 heteroatoms. The molecule has 0 aromatic heterocycles. The van der Waals surface area contributed by atoms with Crippen LogP contribution in [-0.2, 0) is 0 Å². The summed E-state index contributed by atoms with van der Waals surface area (Å²) in [6.07, 6.45) is 0. The van der Waals surface area contributed by atoms with Crippen LogP contribution in [-0.4, -0.2) is 0 Å². The van der Waals surface area contributed by atoms with Gasteiger partial charge in [0.05, 0.1) is 0 Å². The molecule has 11 heavy (non-hydrogen) atoms. The third-order valence-electron chi connectivity index (χ3n) is 1.72. The van der Waals surface area contributed by atoms with E-state index in [0.717, 1.165) is 5.02 Å². The maximum atomic E-state index is 6.00. The highest BCUT2D eigenvalue weighted by Gasteiger charge is 2.06. The van der Waals surface area contributed by atoms with Crippen molar-refractivity contribution in [1.29, 1.82) is 0 Å². The van der Waals surface area contributed by atoms with Gasteiger partial charge in [0.15, 0.2) is 0 Å². The van der Waals surface area contributed by atoms with Crippen molar-refractivity contribution in [2.75, 3.05) is 0 Å². The maximum Gasteiger partial charge on any atom is 0.0446 e. The minimum atomic E-state index is 0.852. The van der Waals surface area contributed by atoms with Crippen LogP contribution in [0.15, 0.2) is 18.2 Å². The molecular weight excluding hydrogens is 156 g/mol. The SMILES string of the molecule is C[C](C)c1c(C)cccc1Cl. The molecule has 0 spiro atoms. The molecule has 0 amide bonds. The second-order valence-electron chi connectivity index (χ2n) is 2.93. The van der Waals surface area contributed by atoms with Gasteiger partial charge in [-0.15, -0.1) is 0 Å². The van der Waals surface area contributed by atoms with Crippen LogP contribution in [0.1, 0.15) is 25.0 Å². The Hall–Kier alpha value is -0.490. The Kier molecular flexibility index (Phi) is 2.56. The minimum absolute atomic E-state index is 0.852. The first-order valence-electron chi connectivity index (χ1n) is 3.68. The van der Waals surface area contributed by atoms with E-state index in [0.29, 0.717) is 0 Å². The second kappa shape index (κ2) is 3.27. The van der Waals surface area contributed by atoms with Crippen LogP contribution >= 0.6 is 11.6 Å².